The summed E-state index contributed by atoms with van der Waals surface area (Å²) in [4.78, 5) is 0. The molecule has 0 atom stereocenters. The van der Waals surface area contributed by atoms with Gasteiger partial charge in [-0.15, -0.1) is 0 Å². The van der Waals surface area contributed by atoms with Crippen LogP contribution < -0.4 is 4.74 Å². The van der Waals surface area contributed by atoms with Crippen LogP contribution in [0.25, 0.3) is 6.08 Å². The number of ether oxygens (including phenoxy) is 1. The summed E-state index contributed by atoms with van der Waals surface area (Å²) in [6, 6.07) is 7.51. The van der Waals surface area contributed by atoms with Crippen LogP contribution in [-0.2, 0) is 0 Å². The molecule has 0 aliphatic heterocycles. The van der Waals surface area contributed by atoms with Gasteiger partial charge in [-0.05, 0) is 11.9 Å². The van der Waals surface area contributed by atoms with Crippen molar-refractivity contribution in [2.75, 3.05) is 7.11 Å². The molecule has 0 heterocycles. The summed E-state index contributed by atoms with van der Waals surface area (Å²) >= 11 is 0. The quantitative estimate of drug-likeness (QED) is 0.637. The molecule has 0 amide bonds. The van der Waals surface area contributed by atoms with Crippen LogP contribution in [0, 0.1) is 5.41 Å². The predicted molar refractivity (Wildman–Crippen MR) is 45.2 cm³/mol. The molecule has 0 spiro atoms. The largest absolute Gasteiger partial charge is 0.496 e. The second-order valence-electron chi connectivity index (χ2n) is 2.03. The fourth-order valence-electron chi connectivity index (χ4n) is 0.863. The minimum Gasteiger partial charge on any atom is -0.496 e. The molecule has 0 aromatic heterocycles. The average molecular weight is 147 g/mol. The summed E-state index contributed by atoms with van der Waals surface area (Å²) in [5.74, 6) is 2.97. The van der Waals surface area contributed by atoms with Crippen molar-refractivity contribution in [2.24, 2.45) is 0 Å². The molecule has 0 aliphatic rings. The standard InChI is InChI=1S/C9H9NO/c1-11-9-5-3-2-4-8(9)6-7-10/h2-6,10H,1H3. The zero-order chi connectivity index (χ0) is 8.10. The fraction of sp³-hybridized carbons (Fsp3) is 0.111. The molecule has 1 rings (SSSR count). The number of benzene rings is 1. The van der Waals surface area contributed by atoms with E-state index in [-0.39, 0.29) is 0 Å². The molecule has 0 aliphatic carbocycles. The van der Waals surface area contributed by atoms with Gasteiger partial charge in [-0.3, -0.25) is 5.41 Å². The summed E-state index contributed by atoms with van der Waals surface area (Å²) < 4.78 is 5.04. The van der Waals surface area contributed by atoms with Crippen LogP contribution in [0.3, 0.4) is 0 Å². The average Bonchev–Trinajstić information content (AvgIpc) is 2.06. The van der Waals surface area contributed by atoms with Crippen molar-refractivity contribution in [2.45, 2.75) is 0 Å². The van der Waals surface area contributed by atoms with Crippen LogP contribution in [-0.4, -0.2) is 13.0 Å². The first-order chi connectivity index (χ1) is 5.38. The third kappa shape index (κ3) is 1.69. The highest BCUT2D eigenvalue weighted by Gasteiger charge is 1.94. The highest BCUT2D eigenvalue weighted by Crippen LogP contribution is 2.17. The van der Waals surface area contributed by atoms with Crippen molar-refractivity contribution in [1.82, 2.24) is 0 Å². The lowest BCUT2D eigenvalue weighted by molar-refractivity contribution is 0.414. The minimum absolute atomic E-state index is 0.771. The van der Waals surface area contributed by atoms with Gasteiger partial charge in [0.15, 0.2) is 0 Å². The minimum atomic E-state index is 0.771. The number of nitrogens with one attached hydrogen (secondary N) is 1. The Morgan fingerprint density at radius 2 is 2.18 bits per heavy atom. The zero-order valence-corrected chi connectivity index (χ0v) is 6.29. The van der Waals surface area contributed by atoms with E-state index >= 15 is 0 Å². The molecule has 11 heavy (non-hydrogen) atoms. The molecule has 0 unspecified atom stereocenters. The lowest BCUT2D eigenvalue weighted by Crippen LogP contribution is -1.85. The molecule has 0 fully saturated rings. The van der Waals surface area contributed by atoms with E-state index in [9.17, 15) is 0 Å². The summed E-state index contributed by atoms with van der Waals surface area (Å²) in [6.45, 7) is 0. The Bertz CT molecular complexity index is 287. The number of rotatable bonds is 2. The third-order valence-corrected chi connectivity index (χ3v) is 1.37. The number of hydrogen-bond donors (Lipinski definition) is 1. The van der Waals surface area contributed by atoms with Crippen molar-refractivity contribution in [3.8, 4) is 5.75 Å². The molecule has 0 bridgehead atoms. The Labute approximate surface area is 65.6 Å². The Hall–Kier alpha value is -1.53. The molecule has 2 heteroatoms. The highest BCUT2D eigenvalue weighted by atomic mass is 16.5. The first-order valence-corrected chi connectivity index (χ1v) is 3.27. The summed E-state index contributed by atoms with van der Waals surface area (Å²) in [7, 11) is 1.61. The SMILES string of the molecule is COc1ccccc1C=C=N. The van der Waals surface area contributed by atoms with Crippen molar-refractivity contribution in [3.63, 3.8) is 0 Å². The first-order valence-electron chi connectivity index (χ1n) is 3.27. The molecule has 56 valence electrons. The van der Waals surface area contributed by atoms with Crippen LogP contribution in [0.2, 0.25) is 0 Å². The van der Waals surface area contributed by atoms with Crippen LogP contribution in [0.15, 0.2) is 24.3 Å². The summed E-state index contributed by atoms with van der Waals surface area (Å²) in [5.41, 5.74) is 0.880. The molecule has 1 aromatic rings. The van der Waals surface area contributed by atoms with E-state index in [4.69, 9.17) is 10.1 Å². The van der Waals surface area contributed by atoms with Gasteiger partial charge in [0, 0.05) is 11.6 Å². The molecular formula is C9H9NO. The van der Waals surface area contributed by atoms with E-state index in [1.807, 2.05) is 24.3 Å². The second kappa shape index (κ2) is 3.59. The summed E-state index contributed by atoms with van der Waals surface area (Å²) in [5, 5.41) is 6.75. The lowest BCUT2D eigenvalue weighted by Gasteiger charge is -2.01. The van der Waals surface area contributed by atoms with Gasteiger partial charge < -0.3 is 4.74 Å². The third-order valence-electron chi connectivity index (χ3n) is 1.37. The topological polar surface area (TPSA) is 33.1 Å². The van der Waals surface area contributed by atoms with E-state index in [0.717, 1.165) is 11.3 Å². The van der Waals surface area contributed by atoms with Crippen molar-refractivity contribution in [3.05, 3.63) is 29.8 Å². The maximum atomic E-state index is 6.75. The molecule has 0 saturated carbocycles. The normalized spacial score (nSPS) is 8.45. The van der Waals surface area contributed by atoms with Gasteiger partial charge in [0.25, 0.3) is 0 Å². The maximum absolute atomic E-state index is 6.75. The Balaban J connectivity index is 3.11. The van der Waals surface area contributed by atoms with Crippen LogP contribution >= 0.6 is 0 Å². The predicted octanol–water partition coefficient (Wildman–Crippen LogP) is 1.96. The zero-order valence-electron chi connectivity index (χ0n) is 6.29. The van der Waals surface area contributed by atoms with Crippen LogP contribution in [0.1, 0.15) is 5.56 Å². The van der Waals surface area contributed by atoms with Crippen LogP contribution in [0.5, 0.6) is 5.75 Å². The van der Waals surface area contributed by atoms with Gasteiger partial charge in [0.1, 0.15) is 5.75 Å². The van der Waals surface area contributed by atoms with Crippen molar-refractivity contribution < 1.29 is 4.74 Å². The molecule has 1 aromatic carbocycles. The summed E-state index contributed by atoms with van der Waals surface area (Å²) in [6.07, 6.45) is 1.57. The maximum Gasteiger partial charge on any atom is 0.126 e. The van der Waals surface area contributed by atoms with E-state index in [1.54, 1.807) is 13.2 Å². The Kier molecular flexibility index (Phi) is 2.47. The molecule has 0 radical (unpaired) electrons. The van der Waals surface area contributed by atoms with Crippen molar-refractivity contribution >= 4 is 11.9 Å². The van der Waals surface area contributed by atoms with Gasteiger partial charge in [-0.2, -0.15) is 0 Å². The number of methoxy groups -OCH3 is 1. The highest BCUT2D eigenvalue weighted by molar-refractivity contribution is 5.78. The number of hydrogen-bond acceptors (Lipinski definition) is 2. The van der Waals surface area contributed by atoms with Gasteiger partial charge in [0.05, 0.1) is 7.11 Å². The van der Waals surface area contributed by atoms with Gasteiger partial charge in [0.2, 0.25) is 0 Å². The van der Waals surface area contributed by atoms with E-state index in [0.29, 0.717) is 0 Å². The lowest BCUT2D eigenvalue weighted by atomic mass is 10.2. The fourth-order valence-corrected chi connectivity index (χ4v) is 0.863. The monoisotopic (exact) mass is 147 g/mol. The van der Waals surface area contributed by atoms with E-state index in [1.165, 1.54) is 0 Å². The Morgan fingerprint density at radius 3 is 2.82 bits per heavy atom. The van der Waals surface area contributed by atoms with Crippen LogP contribution in [0.4, 0.5) is 0 Å². The molecule has 1 N–H and O–H groups in total. The smallest absolute Gasteiger partial charge is 0.126 e. The van der Waals surface area contributed by atoms with E-state index in [2.05, 4.69) is 5.87 Å². The van der Waals surface area contributed by atoms with Gasteiger partial charge in [-0.25, -0.2) is 0 Å². The number of para-hydroxylation sites is 1. The molecule has 0 saturated heterocycles. The van der Waals surface area contributed by atoms with E-state index < -0.39 is 0 Å². The van der Waals surface area contributed by atoms with Crippen molar-refractivity contribution in [1.29, 1.82) is 5.41 Å². The Morgan fingerprint density at radius 1 is 1.45 bits per heavy atom. The molecular weight excluding hydrogens is 138 g/mol. The first kappa shape index (κ1) is 7.58. The van der Waals surface area contributed by atoms with Gasteiger partial charge in [-0.1, -0.05) is 18.2 Å². The second-order valence-corrected chi connectivity index (χ2v) is 2.03. The molecule has 2 nitrogen and oxygen atoms in total. The van der Waals surface area contributed by atoms with Gasteiger partial charge >= 0.3 is 0 Å².